The Morgan fingerprint density at radius 2 is 2.00 bits per heavy atom. The lowest BCUT2D eigenvalue weighted by Crippen LogP contribution is -2.35. The lowest BCUT2D eigenvalue weighted by Gasteiger charge is -2.22. The highest BCUT2D eigenvalue weighted by Crippen LogP contribution is 2.14. The highest BCUT2D eigenvalue weighted by molar-refractivity contribution is 6.00. The number of ether oxygens (including phenoxy) is 1. The summed E-state index contributed by atoms with van der Waals surface area (Å²) in [6.07, 6.45) is 0. The first kappa shape index (κ1) is 10.4. The minimum atomic E-state index is -0.708. The number of carbonyl (C=O) groups is 1. The molecule has 0 fully saturated rings. The van der Waals surface area contributed by atoms with E-state index in [0.29, 0.717) is 12.2 Å². The number of Topliss-reactive ketones (excluding diaryl/α,β-unsaturated/α-hetero) is 1. The summed E-state index contributed by atoms with van der Waals surface area (Å²) in [7, 11) is 0. The maximum absolute atomic E-state index is 11.3. The van der Waals surface area contributed by atoms with Crippen molar-refractivity contribution in [2.24, 2.45) is 0 Å². The highest BCUT2D eigenvalue weighted by Gasteiger charge is 2.27. The number of hydrogen-bond donors (Lipinski definition) is 0. The first-order chi connectivity index (χ1) is 4.91. The fraction of sp³-hybridized carbons (Fsp3) is 0.667. The van der Waals surface area contributed by atoms with Gasteiger partial charge in [-0.15, -0.1) is 0 Å². The fourth-order valence-corrected chi connectivity index (χ4v) is 0.940. The topological polar surface area (TPSA) is 26.3 Å². The van der Waals surface area contributed by atoms with E-state index >= 15 is 0 Å². The van der Waals surface area contributed by atoms with Crippen molar-refractivity contribution in [2.75, 3.05) is 6.61 Å². The van der Waals surface area contributed by atoms with Gasteiger partial charge in [-0.3, -0.25) is 4.79 Å². The van der Waals surface area contributed by atoms with Crippen molar-refractivity contribution < 1.29 is 9.53 Å². The minimum Gasteiger partial charge on any atom is -0.368 e. The van der Waals surface area contributed by atoms with Gasteiger partial charge in [0, 0.05) is 6.61 Å². The van der Waals surface area contributed by atoms with Crippen LogP contribution in [-0.2, 0) is 9.53 Å². The van der Waals surface area contributed by atoms with Gasteiger partial charge in [0.2, 0.25) is 0 Å². The number of ketones is 1. The van der Waals surface area contributed by atoms with E-state index < -0.39 is 5.60 Å². The van der Waals surface area contributed by atoms with Gasteiger partial charge in [0.15, 0.2) is 5.78 Å². The Kier molecular flexibility index (Phi) is 3.46. The Bertz CT molecular complexity index is 168. The molecular formula is C9H16O2. The molecule has 0 amide bonds. The molecule has 2 nitrogen and oxygen atoms in total. The molecule has 0 rings (SSSR count). The lowest BCUT2D eigenvalue weighted by molar-refractivity contribution is -0.135. The predicted molar refractivity (Wildman–Crippen MR) is 45.5 cm³/mol. The molecule has 0 aromatic heterocycles. The van der Waals surface area contributed by atoms with Crippen LogP contribution in [-0.4, -0.2) is 18.0 Å². The van der Waals surface area contributed by atoms with E-state index in [0.717, 1.165) is 0 Å². The summed E-state index contributed by atoms with van der Waals surface area (Å²) in [5.41, 5.74) is -0.163. The van der Waals surface area contributed by atoms with Crippen molar-refractivity contribution in [3.63, 3.8) is 0 Å². The molecular weight excluding hydrogens is 140 g/mol. The van der Waals surface area contributed by atoms with Gasteiger partial charge in [-0.05, 0) is 33.3 Å². The Balaban J connectivity index is 4.29. The molecule has 0 saturated heterocycles. The minimum absolute atomic E-state index is 0.0284. The SMILES string of the molecule is C=C(C)C(=O)C(C)(C)OCC. The molecule has 11 heavy (non-hydrogen) atoms. The zero-order valence-electron chi connectivity index (χ0n) is 7.73. The lowest BCUT2D eigenvalue weighted by atomic mass is 9.98. The van der Waals surface area contributed by atoms with Crippen molar-refractivity contribution in [3.05, 3.63) is 12.2 Å². The first-order valence-corrected chi connectivity index (χ1v) is 3.76. The smallest absolute Gasteiger partial charge is 0.189 e. The van der Waals surface area contributed by atoms with E-state index in [2.05, 4.69) is 6.58 Å². The van der Waals surface area contributed by atoms with Gasteiger partial charge in [-0.1, -0.05) is 6.58 Å². The van der Waals surface area contributed by atoms with Crippen LogP contribution in [0.25, 0.3) is 0 Å². The summed E-state index contributed by atoms with van der Waals surface area (Å²) >= 11 is 0. The van der Waals surface area contributed by atoms with Crippen LogP contribution >= 0.6 is 0 Å². The van der Waals surface area contributed by atoms with Gasteiger partial charge in [0.25, 0.3) is 0 Å². The van der Waals surface area contributed by atoms with E-state index in [-0.39, 0.29) is 5.78 Å². The molecule has 0 aromatic rings. The molecule has 0 aliphatic rings. The summed E-state index contributed by atoms with van der Waals surface area (Å²) < 4.78 is 5.24. The highest BCUT2D eigenvalue weighted by atomic mass is 16.5. The second-order valence-electron chi connectivity index (χ2n) is 3.05. The Hall–Kier alpha value is -0.630. The van der Waals surface area contributed by atoms with E-state index in [1.807, 2.05) is 6.92 Å². The van der Waals surface area contributed by atoms with E-state index in [1.165, 1.54) is 0 Å². The molecule has 0 aliphatic carbocycles. The molecule has 2 heteroatoms. The second-order valence-corrected chi connectivity index (χ2v) is 3.05. The number of hydrogen-bond acceptors (Lipinski definition) is 2. The fourth-order valence-electron chi connectivity index (χ4n) is 0.940. The van der Waals surface area contributed by atoms with E-state index in [9.17, 15) is 4.79 Å². The van der Waals surface area contributed by atoms with Gasteiger partial charge in [-0.2, -0.15) is 0 Å². The van der Waals surface area contributed by atoms with Crippen LogP contribution in [0, 0.1) is 0 Å². The summed E-state index contributed by atoms with van der Waals surface area (Å²) in [6.45, 7) is 11.2. The van der Waals surface area contributed by atoms with Crippen molar-refractivity contribution in [1.82, 2.24) is 0 Å². The molecule has 0 aromatic carbocycles. The predicted octanol–water partition coefficient (Wildman–Crippen LogP) is 1.95. The van der Waals surface area contributed by atoms with Gasteiger partial charge >= 0.3 is 0 Å². The second kappa shape index (κ2) is 3.67. The molecule has 0 saturated carbocycles. The summed E-state index contributed by atoms with van der Waals surface area (Å²) in [5, 5.41) is 0. The Morgan fingerprint density at radius 3 is 2.27 bits per heavy atom. The monoisotopic (exact) mass is 156 g/mol. The van der Waals surface area contributed by atoms with Crippen LogP contribution in [0.5, 0.6) is 0 Å². The van der Waals surface area contributed by atoms with Crippen LogP contribution in [0.3, 0.4) is 0 Å². The van der Waals surface area contributed by atoms with Crippen molar-refractivity contribution >= 4 is 5.78 Å². The molecule has 0 radical (unpaired) electrons. The van der Waals surface area contributed by atoms with Gasteiger partial charge in [-0.25, -0.2) is 0 Å². The van der Waals surface area contributed by atoms with Crippen molar-refractivity contribution in [1.29, 1.82) is 0 Å². The van der Waals surface area contributed by atoms with E-state index in [1.54, 1.807) is 20.8 Å². The third-order valence-corrected chi connectivity index (χ3v) is 1.44. The molecule has 0 aliphatic heterocycles. The van der Waals surface area contributed by atoms with Gasteiger partial charge in [0.1, 0.15) is 5.60 Å². The molecule has 0 bridgehead atoms. The zero-order valence-corrected chi connectivity index (χ0v) is 7.73. The van der Waals surface area contributed by atoms with Gasteiger partial charge < -0.3 is 4.74 Å². The van der Waals surface area contributed by atoms with Crippen LogP contribution in [0.15, 0.2) is 12.2 Å². The Morgan fingerprint density at radius 1 is 1.55 bits per heavy atom. The maximum atomic E-state index is 11.3. The first-order valence-electron chi connectivity index (χ1n) is 3.76. The number of rotatable bonds is 4. The normalized spacial score (nSPS) is 11.3. The average Bonchev–Trinajstić information content (AvgIpc) is 1.86. The summed E-state index contributed by atoms with van der Waals surface area (Å²) in [4.78, 5) is 11.3. The third kappa shape index (κ3) is 2.85. The van der Waals surface area contributed by atoms with Crippen LogP contribution in [0.1, 0.15) is 27.7 Å². The van der Waals surface area contributed by atoms with Crippen molar-refractivity contribution in [2.45, 2.75) is 33.3 Å². The standard InChI is InChI=1S/C9H16O2/c1-6-11-9(4,5)8(10)7(2)3/h2,6H2,1,3-5H3. The van der Waals surface area contributed by atoms with Gasteiger partial charge in [0.05, 0.1) is 0 Å². The van der Waals surface area contributed by atoms with Crippen LogP contribution < -0.4 is 0 Å². The van der Waals surface area contributed by atoms with Crippen LogP contribution in [0.4, 0.5) is 0 Å². The molecule has 64 valence electrons. The molecule has 0 heterocycles. The average molecular weight is 156 g/mol. The largest absolute Gasteiger partial charge is 0.368 e. The molecule has 0 N–H and O–H groups in total. The van der Waals surface area contributed by atoms with Crippen molar-refractivity contribution in [3.8, 4) is 0 Å². The quantitative estimate of drug-likeness (QED) is 0.581. The van der Waals surface area contributed by atoms with Crippen LogP contribution in [0.2, 0.25) is 0 Å². The summed E-state index contributed by atoms with van der Waals surface area (Å²) in [5.74, 6) is -0.0284. The maximum Gasteiger partial charge on any atom is 0.189 e. The molecule has 0 spiro atoms. The molecule has 0 atom stereocenters. The number of carbonyl (C=O) groups excluding carboxylic acids is 1. The molecule has 0 unspecified atom stereocenters. The van der Waals surface area contributed by atoms with E-state index in [4.69, 9.17) is 4.74 Å². The zero-order chi connectivity index (χ0) is 9.07. The summed E-state index contributed by atoms with van der Waals surface area (Å²) in [6, 6.07) is 0. The third-order valence-electron chi connectivity index (χ3n) is 1.44. The Labute approximate surface area is 68.2 Å².